The summed E-state index contributed by atoms with van der Waals surface area (Å²) in [5, 5.41) is 6.35. The summed E-state index contributed by atoms with van der Waals surface area (Å²) in [4.78, 5) is 3.98. The van der Waals surface area contributed by atoms with Crippen molar-refractivity contribution in [2.45, 2.75) is 19.5 Å². The van der Waals surface area contributed by atoms with E-state index in [1.165, 1.54) is 12.1 Å². The highest BCUT2D eigenvalue weighted by molar-refractivity contribution is 9.10. The van der Waals surface area contributed by atoms with Gasteiger partial charge in [0.15, 0.2) is 5.82 Å². The lowest BCUT2D eigenvalue weighted by Gasteiger charge is -2.14. The Morgan fingerprint density at radius 2 is 2.10 bits per heavy atom. The predicted octanol–water partition coefficient (Wildman–Crippen LogP) is 3.81. The van der Waals surface area contributed by atoms with E-state index in [0.29, 0.717) is 22.6 Å². The number of hydrogen-bond acceptors (Lipinski definition) is 4. The molecular formula is C12H11BrF3N3O. The van der Waals surface area contributed by atoms with Crippen molar-refractivity contribution in [2.24, 2.45) is 0 Å². The first kappa shape index (κ1) is 14.8. The van der Waals surface area contributed by atoms with Gasteiger partial charge in [-0.25, -0.2) is 0 Å². The van der Waals surface area contributed by atoms with Crippen LogP contribution in [0.5, 0.6) is 0 Å². The molecule has 0 atom stereocenters. The molecule has 0 radical (unpaired) electrons. The van der Waals surface area contributed by atoms with Gasteiger partial charge < -0.3 is 9.84 Å². The molecule has 1 N–H and O–H groups in total. The van der Waals surface area contributed by atoms with Crippen molar-refractivity contribution in [2.75, 3.05) is 11.9 Å². The molecule has 0 bridgehead atoms. The maximum absolute atomic E-state index is 12.8. The van der Waals surface area contributed by atoms with Crippen LogP contribution in [-0.2, 0) is 12.6 Å². The average Bonchev–Trinajstić information content (AvgIpc) is 2.73. The highest BCUT2D eigenvalue weighted by atomic mass is 79.9. The number of nitrogens with one attached hydrogen (secondary N) is 1. The van der Waals surface area contributed by atoms with E-state index < -0.39 is 11.7 Å². The van der Waals surface area contributed by atoms with E-state index in [9.17, 15) is 13.2 Å². The molecule has 1 aromatic heterocycles. The van der Waals surface area contributed by atoms with Gasteiger partial charge in [-0.3, -0.25) is 0 Å². The zero-order valence-corrected chi connectivity index (χ0v) is 12.0. The van der Waals surface area contributed by atoms with Gasteiger partial charge in [0.05, 0.1) is 5.56 Å². The lowest BCUT2D eigenvalue weighted by atomic mass is 10.1. The molecule has 0 aliphatic heterocycles. The van der Waals surface area contributed by atoms with Crippen LogP contribution in [0.3, 0.4) is 0 Å². The Morgan fingerprint density at radius 1 is 1.35 bits per heavy atom. The van der Waals surface area contributed by atoms with Crippen molar-refractivity contribution < 1.29 is 17.7 Å². The molecule has 108 valence electrons. The van der Waals surface area contributed by atoms with E-state index in [4.69, 9.17) is 4.52 Å². The van der Waals surface area contributed by atoms with Gasteiger partial charge in [0.25, 0.3) is 0 Å². The molecule has 0 fully saturated rings. The second-order valence-electron chi connectivity index (χ2n) is 4.10. The molecule has 1 aromatic carbocycles. The van der Waals surface area contributed by atoms with Crippen LogP contribution in [-0.4, -0.2) is 16.7 Å². The summed E-state index contributed by atoms with van der Waals surface area (Å²) in [5.41, 5.74) is -0.689. The fourth-order valence-electron chi connectivity index (χ4n) is 1.66. The summed E-state index contributed by atoms with van der Waals surface area (Å²) < 4.78 is 44.0. The number of aromatic nitrogens is 2. The van der Waals surface area contributed by atoms with Crippen molar-refractivity contribution in [1.29, 1.82) is 0 Å². The maximum atomic E-state index is 12.8. The van der Waals surface area contributed by atoms with Crippen molar-refractivity contribution in [3.05, 3.63) is 40.0 Å². The quantitative estimate of drug-likeness (QED) is 0.911. The third-order valence-corrected chi connectivity index (χ3v) is 3.00. The Kier molecular flexibility index (Phi) is 4.32. The normalized spacial score (nSPS) is 11.7. The third-order valence-electron chi connectivity index (χ3n) is 2.51. The molecule has 4 nitrogen and oxygen atoms in total. The lowest BCUT2D eigenvalue weighted by molar-refractivity contribution is -0.136. The van der Waals surface area contributed by atoms with E-state index in [2.05, 4.69) is 31.4 Å². The molecule has 0 saturated carbocycles. The van der Waals surface area contributed by atoms with Crippen molar-refractivity contribution >= 4 is 21.6 Å². The summed E-state index contributed by atoms with van der Waals surface area (Å²) >= 11 is 3.16. The molecule has 2 rings (SSSR count). The van der Waals surface area contributed by atoms with Gasteiger partial charge in [-0.05, 0) is 25.1 Å². The number of rotatable bonds is 4. The van der Waals surface area contributed by atoms with E-state index >= 15 is 0 Å². The molecular weight excluding hydrogens is 339 g/mol. The zero-order chi connectivity index (χ0) is 14.8. The highest BCUT2D eigenvalue weighted by Crippen LogP contribution is 2.36. The number of hydrogen-bond donors (Lipinski definition) is 1. The van der Waals surface area contributed by atoms with Crippen LogP contribution in [0.4, 0.5) is 18.9 Å². The van der Waals surface area contributed by atoms with Crippen molar-refractivity contribution in [1.82, 2.24) is 10.1 Å². The summed E-state index contributed by atoms with van der Waals surface area (Å²) in [7, 11) is 0. The van der Waals surface area contributed by atoms with Crippen molar-refractivity contribution in [3.63, 3.8) is 0 Å². The van der Waals surface area contributed by atoms with Crippen LogP contribution in [0.1, 0.15) is 17.3 Å². The van der Waals surface area contributed by atoms with Gasteiger partial charge in [0.1, 0.15) is 0 Å². The summed E-state index contributed by atoms with van der Waals surface area (Å²) in [6.45, 7) is 1.94. The van der Waals surface area contributed by atoms with Gasteiger partial charge in [-0.2, -0.15) is 18.2 Å². The maximum Gasteiger partial charge on any atom is 0.418 e. The van der Waals surface area contributed by atoms with E-state index in [1.54, 1.807) is 6.92 Å². The fraction of sp³-hybridized carbons (Fsp3) is 0.333. The molecule has 1 heterocycles. The van der Waals surface area contributed by atoms with Gasteiger partial charge in [-0.15, -0.1) is 0 Å². The minimum atomic E-state index is -4.40. The Labute approximate surface area is 121 Å². The monoisotopic (exact) mass is 349 g/mol. The van der Waals surface area contributed by atoms with Gasteiger partial charge in [0.2, 0.25) is 5.89 Å². The lowest BCUT2D eigenvalue weighted by Crippen LogP contribution is -2.12. The first-order chi connectivity index (χ1) is 9.36. The number of alkyl halides is 3. The first-order valence-electron chi connectivity index (χ1n) is 5.76. The van der Waals surface area contributed by atoms with Gasteiger partial charge >= 0.3 is 6.18 Å². The molecule has 0 saturated heterocycles. The van der Waals surface area contributed by atoms with Crippen LogP contribution >= 0.6 is 15.9 Å². The predicted molar refractivity (Wildman–Crippen MR) is 70.4 cm³/mol. The van der Waals surface area contributed by atoms with E-state index in [-0.39, 0.29) is 12.2 Å². The molecule has 0 amide bonds. The topological polar surface area (TPSA) is 51.0 Å². The number of benzene rings is 1. The minimum Gasteiger partial charge on any atom is -0.384 e. The SMILES string of the molecule is Cc1noc(CCNc2cc(Br)ccc2C(F)(F)F)n1. The number of anilines is 1. The Balaban J connectivity index is 2.06. The van der Waals surface area contributed by atoms with E-state index in [1.807, 2.05) is 0 Å². The second kappa shape index (κ2) is 5.82. The molecule has 0 aliphatic carbocycles. The molecule has 0 aliphatic rings. The fourth-order valence-corrected chi connectivity index (χ4v) is 2.02. The van der Waals surface area contributed by atoms with Crippen LogP contribution in [0.2, 0.25) is 0 Å². The smallest absolute Gasteiger partial charge is 0.384 e. The first-order valence-corrected chi connectivity index (χ1v) is 6.55. The van der Waals surface area contributed by atoms with E-state index in [0.717, 1.165) is 6.07 Å². The summed E-state index contributed by atoms with van der Waals surface area (Å²) in [6, 6.07) is 3.78. The Bertz CT molecular complexity index is 598. The molecule has 0 unspecified atom stereocenters. The summed E-state index contributed by atoms with van der Waals surface area (Å²) in [5.74, 6) is 0.886. The van der Waals surface area contributed by atoms with Crippen LogP contribution in [0.15, 0.2) is 27.2 Å². The highest BCUT2D eigenvalue weighted by Gasteiger charge is 2.33. The summed E-state index contributed by atoms with van der Waals surface area (Å²) in [6.07, 6.45) is -4.05. The molecule has 20 heavy (non-hydrogen) atoms. The molecule has 2 aromatic rings. The largest absolute Gasteiger partial charge is 0.418 e. The Hall–Kier alpha value is -1.57. The number of aryl methyl sites for hydroxylation is 1. The minimum absolute atomic E-state index is 0.0168. The van der Waals surface area contributed by atoms with Gasteiger partial charge in [0, 0.05) is 23.1 Å². The average molecular weight is 350 g/mol. The Morgan fingerprint density at radius 3 is 2.70 bits per heavy atom. The molecule has 8 heteroatoms. The number of halogens is 4. The van der Waals surface area contributed by atoms with Gasteiger partial charge in [-0.1, -0.05) is 21.1 Å². The van der Waals surface area contributed by atoms with Crippen LogP contribution < -0.4 is 5.32 Å². The number of nitrogens with zero attached hydrogens (tertiary/aromatic N) is 2. The third kappa shape index (κ3) is 3.72. The molecule has 0 spiro atoms. The van der Waals surface area contributed by atoms with Crippen molar-refractivity contribution in [3.8, 4) is 0 Å². The zero-order valence-electron chi connectivity index (χ0n) is 10.5. The van der Waals surface area contributed by atoms with Crippen LogP contribution in [0, 0.1) is 6.92 Å². The van der Waals surface area contributed by atoms with Crippen LogP contribution in [0.25, 0.3) is 0 Å². The second-order valence-corrected chi connectivity index (χ2v) is 5.02. The standard InChI is InChI=1S/C12H11BrF3N3O/c1-7-18-11(20-19-7)4-5-17-10-6-8(13)2-3-9(10)12(14,15)16/h2-3,6,17H,4-5H2,1H3.